The molecule has 3 aromatic rings. The molecule has 0 fully saturated rings. The number of amides is 1. The SMILES string of the molecule is O=C(Nc1cnccc1OC(F)C(F)F)c1ccnc(Nc2ccc(C(F)(F)F)cn2)c1. The summed E-state index contributed by atoms with van der Waals surface area (Å²) < 4.78 is 80.4. The number of nitrogens with zero attached hydrogens (tertiary/aromatic N) is 3. The van der Waals surface area contributed by atoms with Crippen molar-refractivity contribution in [1.82, 2.24) is 15.0 Å². The maximum absolute atomic E-state index is 13.2. The molecule has 1 atom stereocenters. The van der Waals surface area contributed by atoms with Crippen molar-refractivity contribution in [3.8, 4) is 5.75 Å². The van der Waals surface area contributed by atoms with Crippen LogP contribution in [0.15, 0.2) is 55.1 Å². The van der Waals surface area contributed by atoms with Crippen LogP contribution in [0.5, 0.6) is 5.75 Å². The Labute approximate surface area is 176 Å². The number of anilines is 3. The number of nitrogens with one attached hydrogen (secondary N) is 2. The molecule has 0 aromatic carbocycles. The van der Waals surface area contributed by atoms with Crippen molar-refractivity contribution < 1.29 is 35.9 Å². The summed E-state index contributed by atoms with van der Waals surface area (Å²) in [5, 5.41) is 5.00. The summed E-state index contributed by atoms with van der Waals surface area (Å²) in [7, 11) is 0. The summed E-state index contributed by atoms with van der Waals surface area (Å²) in [6.07, 6.45) is -6.70. The minimum Gasteiger partial charge on any atom is -0.452 e. The van der Waals surface area contributed by atoms with Crippen molar-refractivity contribution in [3.05, 3.63) is 66.2 Å². The fourth-order valence-electron chi connectivity index (χ4n) is 2.35. The Hall–Kier alpha value is -3.90. The second-order valence-corrected chi connectivity index (χ2v) is 6.11. The molecule has 1 amide bonds. The van der Waals surface area contributed by atoms with Crippen LogP contribution in [0.1, 0.15) is 15.9 Å². The van der Waals surface area contributed by atoms with Gasteiger partial charge in [0.2, 0.25) is 0 Å². The molecule has 2 N–H and O–H groups in total. The lowest BCUT2D eigenvalue weighted by Crippen LogP contribution is -2.21. The number of ether oxygens (including phenoxy) is 1. The number of hydrogen-bond donors (Lipinski definition) is 2. The van der Waals surface area contributed by atoms with E-state index in [4.69, 9.17) is 0 Å². The number of aromatic nitrogens is 3. The van der Waals surface area contributed by atoms with Gasteiger partial charge in [-0.15, -0.1) is 0 Å². The Kier molecular flexibility index (Phi) is 6.76. The van der Waals surface area contributed by atoms with E-state index in [1.165, 1.54) is 18.3 Å². The van der Waals surface area contributed by atoms with Gasteiger partial charge in [-0.25, -0.2) is 18.7 Å². The summed E-state index contributed by atoms with van der Waals surface area (Å²) in [6.45, 7) is 0. The Morgan fingerprint density at radius 2 is 1.75 bits per heavy atom. The second kappa shape index (κ2) is 9.49. The van der Waals surface area contributed by atoms with E-state index in [2.05, 4.69) is 30.3 Å². The van der Waals surface area contributed by atoms with Crippen LogP contribution in [0, 0.1) is 0 Å². The van der Waals surface area contributed by atoms with Gasteiger partial charge in [0, 0.05) is 30.2 Å². The third kappa shape index (κ3) is 5.83. The van der Waals surface area contributed by atoms with Gasteiger partial charge < -0.3 is 15.4 Å². The summed E-state index contributed by atoms with van der Waals surface area (Å²) in [6, 6.07) is 5.60. The maximum atomic E-state index is 13.2. The van der Waals surface area contributed by atoms with Crippen LogP contribution in [0.25, 0.3) is 0 Å². The van der Waals surface area contributed by atoms with Crippen LogP contribution in [-0.2, 0) is 6.18 Å². The maximum Gasteiger partial charge on any atom is 0.417 e. The number of halogens is 6. The summed E-state index contributed by atoms with van der Waals surface area (Å²) >= 11 is 0. The van der Waals surface area contributed by atoms with Crippen molar-refractivity contribution in [3.63, 3.8) is 0 Å². The molecule has 168 valence electrons. The largest absolute Gasteiger partial charge is 0.452 e. The average Bonchev–Trinajstić information content (AvgIpc) is 2.75. The molecule has 0 saturated heterocycles. The predicted molar refractivity (Wildman–Crippen MR) is 100 cm³/mol. The first kappa shape index (κ1) is 22.8. The second-order valence-electron chi connectivity index (χ2n) is 6.11. The first-order valence-electron chi connectivity index (χ1n) is 8.74. The van der Waals surface area contributed by atoms with E-state index in [1.807, 2.05) is 0 Å². The van der Waals surface area contributed by atoms with Crippen LogP contribution in [0.2, 0.25) is 0 Å². The van der Waals surface area contributed by atoms with E-state index in [-0.39, 0.29) is 28.6 Å². The fourth-order valence-corrected chi connectivity index (χ4v) is 2.35. The van der Waals surface area contributed by atoms with Crippen molar-refractivity contribution in [1.29, 1.82) is 0 Å². The van der Waals surface area contributed by atoms with Gasteiger partial charge in [-0.3, -0.25) is 9.78 Å². The zero-order valence-corrected chi connectivity index (χ0v) is 15.8. The first-order chi connectivity index (χ1) is 15.1. The van der Waals surface area contributed by atoms with Crippen molar-refractivity contribution >= 4 is 23.2 Å². The van der Waals surface area contributed by atoms with Crippen LogP contribution in [0.4, 0.5) is 43.7 Å². The van der Waals surface area contributed by atoms with E-state index in [0.717, 1.165) is 30.6 Å². The summed E-state index contributed by atoms with van der Waals surface area (Å²) in [5.74, 6) is -0.954. The van der Waals surface area contributed by atoms with E-state index in [9.17, 15) is 31.1 Å². The van der Waals surface area contributed by atoms with Crippen LogP contribution >= 0.6 is 0 Å². The lowest BCUT2D eigenvalue weighted by Gasteiger charge is -2.14. The molecule has 3 aromatic heterocycles. The fraction of sp³-hybridized carbons (Fsp3) is 0.158. The highest BCUT2D eigenvalue weighted by Crippen LogP contribution is 2.29. The number of alkyl halides is 6. The van der Waals surface area contributed by atoms with E-state index >= 15 is 0 Å². The van der Waals surface area contributed by atoms with Gasteiger partial charge >= 0.3 is 12.6 Å². The van der Waals surface area contributed by atoms with Gasteiger partial charge in [0.15, 0.2) is 0 Å². The number of carbonyl (C=O) groups is 1. The smallest absolute Gasteiger partial charge is 0.417 e. The van der Waals surface area contributed by atoms with Crippen LogP contribution < -0.4 is 15.4 Å². The van der Waals surface area contributed by atoms with E-state index in [0.29, 0.717) is 6.20 Å². The number of carbonyl (C=O) groups excluding carboxylic acids is 1. The minimum absolute atomic E-state index is 0.0369. The van der Waals surface area contributed by atoms with Crippen molar-refractivity contribution in [2.75, 3.05) is 10.6 Å². The number of rotatable bonds is 7. The molecular formula is C19H13F6N5O2. The molecule has 0 bridgehead atoms. The minimum atomic E-state index is -4.53. The predicted octanol–water partition coefficient (Wildman–Crippen LogP) is 4.83. The Balaban J connectivity index is 1.72. The topological polar surface area (TPSA) is 89.0 Å². The molecule has 3 rings (SSSR count). The molecular weight excluding hydrogens is 444 g/mol. The Morgan fingerprint density at radius 3 is 2.41 bits per heavy atom. The molecule has 0 spiro atoms. The van der Waals surface area contributed by atoms with E-state index in [1.54, 1.807) is 0 Å². The molecule has 32 heavy (non-hydrogen) atoms. The summed E-state index contributed by atoms with van der Waals surface area (Å²) in [4.78, 5) is 23.8. The number of pyridine rings is 3. The molecule has 0 saturated carbocycles. The van der Waals surface area contributed by atoms with Gasteiger partial charge in [0.1, 0.15) is 23.1 Å². The average molecular weight is 457 g/mol. The quantitative estimate of drug-likeness (QED) is 0.495. The molecule has 13 heteroatoms. The lowest BCUT2D eigenvalue weighted by atomic mass is 10.2. The van der Waals surface area contributed by atoms with Gasteiger partial charge in [-0.1, -0.05) is 0 Å². The molecule has 0 aliphatic rings. The Morgan fingerprint density at radius 1 is 0.969 bits per heavy atom. The van der Waals surface area contributed by atoms with Crippen molar-refractivity contribution in [2.24, 2.45) is 0 Å². The zero-order valence-electron chi connectivity index (χ0n) is 15.8. The molecule has 3 heterocycles. The third-order valence-electron chi connectivity index (χ3n) is 3.84. The highest BCUT2D eigenvalue weighted by atomic mass is 19.4. The van der Waals surface area contributed by atoms with Gasteiger partial charge in [0.05, 0.1) is 11.8 Å². The van der Waals surface area contributed by atoms with Crippen LogP contribution in [0.3, 0.4) is 0 Å². The monoisotopic (exact) mass is 457 g/mol. The van der Waals surface area contributed by atoms with Crippen LogP contribution in [-0.4, -0.2) is 33.6 Å². The third-order valence-corrected chi connectivity index (χ3v) is 3.84. The van der Waals surface area contributed by atoms with E-state index < -0.39 is 30.4 Å². The molecule has 7 nitrogen and oxygen atoms in total. The highest BCUT2D eigenvalue weighted by molar-refractivity contribution is 6.05. The number of hydrogen-bond acceptors (Lipinski definition) is 6. The summed E-state index contributed by atoms with van der Waals surface area (Å²) in [5.41, 5.74) is -1.05. The first-order valence-corrected chi connectivity index (χ1v) is 8.74. The molecule has 0 radical (unpaired) electrons. The zero-order chi connectivity index (χ0) is 23.3. The van der Waals surface area contributed by atoms with Gasteiger partial charge in [-0.05, 0) is 24.3 Å². The lowest BCUT2D eigenvalue weighted by molar-refractivity contribution is -0.137. The van der Waals surface area contributed by atoms with Gasteiger partial charge in [0.25, 0.3) is 12.3 Å². The Bertz CT molecular complexity index is 1080. The molecule has 1 unspecified atom stereocenters. The highest BCUT2D eigenvalue weighted by Gasteiger charge is 2.30. The molecule has 0 aliphatic heterocycles. The van der Waals surface area contributed by atoms with Crippen molar-refractivity contribution in [2.45, 2.75) is 19.0 Å². The molecule has 0 aliphatic carbocycles. The standard InChI is InChI=1S/C19H13F6N5O2/c20-16(21)17(22)32-13-4-5-26-9-12(13)29-18(31)10-3-6-27-15(7-10)30-14-2-1-11(8-28-14)19(23,24)25/h1-9,16-17H,(H,29,31)(H,27,28,30). The normalized spacial score (nSPS) is 12.3. The van der Waals surface area contributed by atoms with Gasteiger partial charge in [-0.2, -0.15) is 17.6 Å².